The predicted molar refractivity (Wildman–Crippen MR) is 423 cm³/mol. The highest BCUT2D eigenvalue weighted by Gasteiger charge is 2.48. The minimum absolute atomic E-state index is 0.189. The van der Waals surface area contributed by atoms with E-state index in [1.165, 1.54) is 16.4 Å². The molecular weight excluding hydrogens is 1240 g/mol. The van der Waals surface area contributed by atoms with Crippen molar-refractivity contribution in [3.05, 3.63) is 369 Å². The summed E-state index contributed by atoms with van der Waals surface area (Å²) in [6.45, 7) is 3.84. The molecule has 14 aromatic rings. The van der Waals surface area contributed by atoms with Gasteiger partial charge < -0.3 is 24.5 Å². The number of fused-ring (bicyclic) bond motifs is 8. The van der Waals surface area contributed by atoms with Crippen LogP contribution in [0.1, 0.15) is 25.8 Å². The van der Waals surface area contributed by atoms with Gasteiger partial charge in [-0.05, 0) is 160 Å². The Morgan fingerprint density at radius 1 is 0.380 bits per heavy atom. The van der Waals surface area contributed by atoms with Crippen molar-refractivity contribution >= 4 is 143 Å². The fourth-order valence-electron chi connectivity index (χ4n) is 16.0. The lowest BCUT2D eigenvalue weighted by molar-refractivity contribution is 0.629. The summed E-state index contributed by atoms with van der Waals surface area (Å²) in [5.74, 6) is -0.326. The lowest BCUT2D eigenvalue weighted by Crippen LogP contribution is -2.64. The Morgan fingerprint density at radius 2 is 0.870 bits per heavy atom. The lowest BCUT2D eigenvalue weighted by atomic mass is 9.31. The van der Waals surface area contributed by atoms with Crippen molar-refractivity contribution in [2.75, 3.05) is 24.5 Å². The fourth-order valence-corrected chi connectivity index (χ4v) is 17.3. The topological polar surface area (TPSA) is 16.2 Å². The van der Waals surface area contributed by atoms with Crippen LogP contribution >= 0.6 is 11.8 Å². The first kappa shape index (κ1) is 60.4. The van der Waals surface area contributed by atoms with Crippen molar-refractivity contribution < 1.29 is 4.39 Å². The van der Waals surface area contributed by atoms with Crippen LogP contribution in [0.25, 0.3) is 27.8 Å². The molecule has 474 valence electrons. The van der Waals surface area contributed by atoms with Crippen molar-refractivity contribution in [3.63, 3.8) is 0 Å². The highest BCUT2D eigenvalue weighted by Crippen LogP contribution is 2.54. The second kappa shape index (κ2) is 25.4. The summed E-state index contributed by atoms with van der Waals surface area (Å²) >= 11 is 1.82. The molecule has 0 spiro atoms. The Kier molecular flexibility index (Phi) is 15.4. The quantitative estimate of drug-likeness (QED) is 0.0791. The number of para-hydroxylation sites is 8. The molecule has 0 saturated heterocycles. The fraction of sp³-hybridized carbons (Fsp3) is 0.0330. The molecule has 0 amide bonds. The summed E-state index contributed by atoms with van der Waals surface area (Å²) < 4.78 is 18.9. The average molecular weight is 1300 g/mol. The first-order chi connectivity index (χ1) is 49.5. The zero-order valence-corrected chi connectivity index (χ0v) is 56.2. The van der Waals surface area contributed by atoms with E-state index in [4.69, 9.17) is 0 Å². The van der Waals surface area contributed by atoms with Gasteiger partial charge in [0.05, 0.1) is 17.1 Å². The molecule has 5 nitrogen and oxygen atoms in total. The normalized spacial score (nSPS) is 13.2. The minimum atomic E-state index is -0.330. The van der Waals surface area contributed by atoms with E-state index < -0.39 is 0 Å². The van der Waals surface area contributed by atoms with Gasteiger partial charge in [0.15, 0.2) is 0 Å². The van der Waals surface area contributed by atoms with Crippen LogP contribution < -0.4 is 57.3 Å². The third-order valence-corrected chi connectivity index (χ3v) is 21.3. The van der Waals surface area contributed by atoms with Crippen LogP contribution in [0.15, 0.2) is 367 Å². The van der Waals surface area contributed by atoms with Crippen molar-refractivity contribution in [2.24, 2.45) is 0 Å². The van der Waals surface area contributed by atoms with Crippen LogP contribution in [-0.2, 0) is 0 Å². The van der Waals surface area contributed by atoms with Gasteiger partial charge in [-0.2, -0.15) is 0 Å². The van der Waals surface area contributed by atoms with E-state index in [2.05, 4.69) is 372 Å². The number of hydrogen-bond donors (Lipinski definition) is 0. The first-order valence-electron chi connectivity index (χ1n) is 34.5. The summed E-state index contributed by atoms with van der Waals surface area (Å²) in [6, 6.07) is 122. The van der Waals surface area contributed by atoms with Crippen LogP contribution in [0, 0.1) is 5.82 Å². The van der Waals surface area contributed by atoms with Gasteiger partial charge in [-0.25, -0.2) is 4.39 Å². The molecule has 0 N–H and O–H groups in total. The molecule has 14 aromatic carbocycles. The van der Waals surface area contributed by atoms with Gasteiger partial charge in [0.25, 0.3) is 6.71 Å². The van der Waals surface area contributed by atoms with Gasteiger partial charge in [-0.1, -0.05) is 273 Å². The SMILES string of the molecule is C/C=C(\C(=C/CC)c1ccccc1)N(c1ccccc1)c1cc2c3c(c1)N(c1c(F)cccc1-c1ccccc1)c1cc4c(cc1B3c1ccccc1N2c1ccccc1-c1ccccc1)B1c2ccccc2N(c2ccccc2)c2cc(N(c3ccccc3)c3ccccc3)cc(c21)S4. The van der Waals surface area contributed by atoms with Gasteiger partial charge in [0, 0.05) is 94.7 Å². The minimum Gasteiger partial charge on any atom is -0.311 e. The molecule has 0 saturated carbocycles. The Hall–Kier alpha value is -12.0. The van der Waals surface area contributed by atoms with Crippen molar-refractivity contribution in [3.8, 4) is 22.3 Å². The van der Waals surface area contributed by atoms with Crippen LogP contribution in [0.3, 0.4) is 0 Å². The predicted octanol–water partition coefficient (Wildman–Crippen LogP) is 21.0. The number of anilines is 14. The molecule has 0 atom stereocenters. The maximum absolute atomic E-state index is 18.9. The Balaban J connectivity index is 0.961. The molecule has 4 aliphatic rings. The summed E-state index contributed by atoms with van der Waals surface area (Å²) in [4.78, 5) is 14.4. The van der Waals surface area contributed by atoms with Crippen LogP contribution in [0.5, 0.6) is 0 Å². The number of halogens is 1. The van der Waals surface area contributed by atoms with Crippen LogP contribution in [-0.4, -0.2) is 13.4 Å². The maximum Gasteiger partial charge on any atom is 0.252 e. The molecule has 0 fully saturated rings. The molecule has 4 aliphatic heterocycles. The van der Waals surface area contributed by atoms with E-state index in [1.807, 2.05) is 23.9 Å². The molecule has 9 heteroatoms. The lowest BCUT2D eigenvalue weighted by Gasteiger charge is -2.46. The molecule has 0 unspecified atom stereocenters. The van der Waals surface area contributed by atoms with E-state index in [0.717, 1.165) is 146 Å². The highest BCUT2D eigenvalue weighted by atomic mass is 32.2. The Bertz CT molecular complexity index is 5470. The summed E-state index contributed by atoms with van der Waals surface area (Å²) in [7, 11) is 0. The van der Waals surface area contributed by atoms with E-state index in [0.29, 0.717) is 5.69 Å². The summed E-state index contributed by atoms with van der Waals surface area (Å²) in [5, 5.41) is 0. The van der Waals surface area contributed by atoms with Crippen molar-refractivity contribution in [1.29, 1.82) is 0 Å². The first-order valence-corrected chi connectivity index (χ1v) is 35.3. The van der Waals surface area contributed by atoms with E-state index in [-0.39, 0.29) is 19.2 Å². The van der Waals surface area contributed by atoms with Gasteiger partial charge in [-0.15, -0.1) is 0 Å². The van der Waals surface area contributed by atoms with Crippen molar-refractivity contribution in [1.82, 2.24) is 0 Å². The molecule has 0 bridgehead atoms. The van der Waals surface area contributed by atoms with Crippen LogP contribution in [0.4, 0.5) is 84.0 Å². The zero-order chi connectivity index (χ0) is 66.8. The molecular formula is C91H66B2FN5S. The zero-order valence-electron chi connectivity index (χ0n) is 55.4. The molecule has 0 aliphatic carbocycles. The number of hydrogen-bond acceptors (Lipinski definition) is 6. The van der Waals surface area contributed by atoms with E-state index >= 15 is 4.39 Å². The molecule has 4 heterocycles. The monoisotopic (exact) mass is 1300 g/mol. The van der Waals surface area contributed by atoms with Crippen LogP contribution in [0.2, 0.25) is 0 Å². The number of allylic oxidation sites excluding steroid dienone is 3. The molecule has 0 radical (unpaired) electrons. The number of nitrogens with zero attached hydrogens (tertiary/aromatic N) is 5. The van der Waals surface area contributed by atoms with Crippen molar-refractivity contribution in [2.45, 2.75) is 30.1 Å². The van der Waals surface area contributed by atoms with Gasteiger partial charge in [-0.3, -0.25) is 0 Å². The largest absolute Gasteiger partial charge is 0.311 e. The third-order valence-electron chi connectivity index (χ3n) is 20.1. The van der Waals surface area contributed by atoms with E-state index in [9.17, 15) is 0 Å². The summed E-state index contributed by atoms with van der Waals surface area (Å²) in [5.41, 5.74) is 28.0. The number of rotatable bonds is 14. The highest BCUT2D eigenvalue weighted by molar-refractivity contribution is 8.00. The van der Waals surface area contributed by atoms with Gasteiger partial charge in [0.1, 0.15) is 5.82 Å². The second-order valence-corrected chi connectivity index (χ2v) is 26.9. The van der Waals surface area contributed by atoms with Gasteiger partial charge >= 0.3 is 0 Å². The second-order valence-electron chi connectivity index (χ2n) is 25.8. The molecule has 0 aromatic heterocycles. The molecule has 100 heavy (non-hydrogen) atoms. The average Bonchev–Trinajstić information content (AvgIpc) is 0.688. The van der Waals surface area contributed by atoms with E-state index in [1.54, 1.807) is 6.07 Å². The summed E-state index contributed by atoms with van der Waals surface area (Å²) in [6.07, 6.45) is 5.42. The standard InChI is InChI=1S/C91H66B2FN5S/c1-3-33-71(62-34-12-5-13-35-62)79(4-2)96(67-44-22-10-23-45-67)69-56-84-89-85(57-69)99(91-73(49-32-52-78(91)94)64-38-16-7-17-39-64)83-61-87-77(60-76(83)92(89)75-51-28-31-55-82(75)98(84)80-53-29-26-48-72(80)63-36-14-6-15-37-63)93-74-50-27-30-54-81(74)97(68-46-24-11-25-47-68)86-58-70(59-88(100-87)90(86)93)95(65-40-18-8-19-41-65)66-42-20-9-21-43-66/h4-61H,3H2,1-2H3/b71-33-,79-4+. The maximum atomic E-state index is 18.9. The molecule has 18 rings (SSSR count). The Morgan fingerprint density at radius 3 is 1.49 bits per heavy atom. The van der Waals surface area contributed by atoms with Gasteiger partial charge in [0.2, 0.25) is 6.71 Å². The Labute approximate surface area is 589 Å². The number of benzene rings is 14. The smallest absolute Gasteiger partial charge is 0.252 e. The third kappa shape index (κ3) is 10.1.